The van der Waals surface area contributed by atoms with E-state index in [9.17, 15) is 33.6 Å². The number of nitrogens with one attached hydrogen (secondary N) is 3. The van der Waals surface area contributed by atoms with Crippen LogP contribution < -0.4 is 16.0 Å². The van der Waals surface area contributed by atoms with E-state index in [-0.39, 0.29) is 30.1 Å². The Hall–Kier alpha value is -4.49. The van der Waals surface area contributed by atoms with Crippen LogP contribution in [0.1, 0.15) is 84.7 Å². The van der Waals surface area contributed by atoms with Gasteiger partial charge in [-0.15, -0.1) is 0 Å². The first-order valence-electron chi connectivity index (χ1n) is 17.3. The van der Waals surface area contributed by atoms with E-state index in [4.69, 9.17) is 4.74 Å². The van der Waals surface area contributed by atoms with Crippen LogP contribution in [0.25, 0.3) is 0 Å². The van der Waals surface area contributed by atoms with E-state index in [0.717, 1.165) is 0 Å². The van der Waals surface area contributed by atoms with Crippen LogP contribution in [-0.2, 0) is 33.5 Å². The van der Waals surface area contributed by atoms with Crippen LogP contribution in [0.5, 0.6) is 0 Å². The number of nitrogens with zero attached hydrogens (tertiary/aromatic N) is 3. The standard InChI is InChI=1S/C36H54N6O8/c1-22(2)24-19-27-31(45)38-25(17-13-10-14-18-26(33(47)42(27)21-24)41(8)35(49)50-36(3,4)5)30(44)32(46)37-20-28(43)39-29(34(48)40(6)7)23-15-11-9-12-16-23/h9,11-12,15-16,22,24-27,29H,10,13-14,17-21H2,1-8H3,(H,37,46)(H,38,45)(H,39,43)/t24-,25+,26+,27+,29?/m1/s1. The second kappa shape index (κ2) is 17.4. The number of carbonyl (C=O) groups is 7. The highest BCUT2D eigenvalue weighted by molar-refractivity contribution is 6.38. The Morgan fingerprint density at radius 3 is 2.22 bits per heavy atom. The predicted molar refractivity (Wildman–Crippen MR) is 185 cm³/mol. The molecule has 1 aromatic rings. The Kier molecular flexibility index (Phi) is 13.9. The highest BCUT2D eigenvalue weighted by Crippen LogP contribution is 2.31. The fraction of sp³-hybridized carbons (Fsp3) is 0.639. The topological polar surface area (TPSA) is 175 Å². The third-order valence-electron chi connectivity index (χ3n) is 9.16. The molecule has 0 spiro atoms. The van der Waals surface area contributed by atoms with Crippen LogP contribution in [-0.4, -0.2) is 114 Å². The van der Waals surface area contributed by atoms with Gasteiger partial charge in [0.1, 0.15) is 23.7 Å². The molecule has 3 N–H and O–H groups in total. The first-order chi connectivity index (χ1) is 23.4. The van der Waals surface area contributed by atoms with E-state index in [1.165, 1.54) is 21.7 Å². The average molecular weight is 699 g/mol. The number of ether oxygens (including phenoxy) is 1. The SMILES string of the molecule is CC(C)[C@@H]1C[C@H]2C(=O)N[C@H](C(=O)C(=O)NCC(=O)NC(C(=O)N(C)C)c3ccccc3)CCCCC[C@H](N(C)C(=O)OC(C)(C)C)C(=O)N2C1. The fourth-order valence-electron chi connectivity index (χ4n) is 6.19. The van der Waals surface area contributed by atoms with Crippen molar-refractivity contribution in [1.82, 2.24) is 30.7 Å². The van der Waals surface area contributed by atoms with Gasteiger partial charge in [0.25, 0.3) is 5.91 Å². The Bertz CT molecular complexity index is 1410. The zero-order valence-corrected chi connectivity index (χ0v) is 30.6. The lowest BCUT2D eigenvalue weighted by Gasteiger charge is -2.35. The summed E-state index contributed by atoms with van der Waals surface area (Å²) >= 11 is 0. The molecule has 0 aromatic heterocycles. The maximum absolute atomic E-state index is 14.1. The first-order valence-corrected chi connectivity index (χ1v) is 17.3. The van der Waals surface area contributed by atoms with Gasteiger partial charge in [-0.25, -0.2) is 4.79 Å². The molecule has 2 fully saturated rings. The normalized spacial score (nSPS) is 22.2. The van der Waals surface area contributed by atoms with Gasteiger partial charge in [0.2, 0.25) is 29.4 Å². The van der Waals surface area contributed by atoms with Crippen molar-refractivity contribution in [1.29, 1.82) is 0 Å². The van der Waals surface area contributed by atoms with Crippen molar-refractivity contribution in [2.75, 3.05) is 34.2 Å². The molecule has 2 heterocycles. The smallest absolute Gasteiger partial charge is 0.410 e. The molecule has 50 heavy (non-hydrogen) atoms. The first kappa shape index (κ1) is 39.9. The van der Waals surface area contributed by atoms with Gasteiger partial charge in [-0.2, -0.15) is 0 Å². The molecule has 5 atom stereocenters. The quantitative estimate of drug-likeness (QED) is 0.329. The third kappa shape index (κ3) is 10.8. The van der Waals surface area contributed by atoms with Gasteiger partial charge >= 0.3 is 6.09 Å². The zero-order valence-electron chi connectivity index (χ0n) is 30.6. The van der Waals surface area contributed by atoms with Gasteiger partial charge < -0.3 is 30.5 Å². The number of rotatable bonds is 9. The highest BCUT2D eigenvalue weighted by Gasteiger charge is 2.45. The van der Waals surface area contributed by atoms with Crippen molar-refractivity contribution in [3.8, 4) is 0 Å². The van der Waals surface area contributed by atoms with Crippen LogP contribution in [0.2, 0.25) is 0 Å². The second-order valence-electron chi connectivity index (χ2n) is 14.7. The van der Waals surface area contributed by atoms with E-state index in [1.54, 1.807) is 65.2 Å². The summed E-state index contributed by atoms with van der Waals surface area (Å²) in [5, 5.41) is 7.69. The molecular weight excluding hydrogens is 644 g/mol. The Labute approximate surface area is 295 Å². The molecule has 0 aliphatic carbocycles. The van der Waals surface area contributed by atoms with Crippen LogP contribution >= 0.6 is 0 Å². The Morgan fingerprint density at radius 1 is 0.980 bits per heavy atom. The molecule has 0 radical (unpaired) electrons. The molecule has 3 rings (SSSR count). The Balaban J connectivity index is 1.74. The molecule has 6 amide bonds. The van der Waals surface area contributed by atoms with E-state index < -0.39 is 65.9 Å². The number of hydrogen-bond acceptors (Lipinski definition) is 8. The van der Waals surface area contributed by atoms with Crippen LogP contribution in [0.4, 0.5) is 4.79 Å². The summed E-state index contributed by atoms with van der Waals surface area (Å²) in [6.45, 7) is 9.01. The number of hydrogen-bond donors (Lipinski definition) is 3. The van der Waals surface area contributed by atoms with Gasteiger partial charge in [-0.3, -0.25) is 33.7 Å². The van der Waals surface area contributed by atoms with Crippen molar-refractivity contribution in [2.24, 2.45) is 11.8 Å². The summed E-state index contributed by atoms with van der Waals surface area (Å²) in [5.41, 5.74) is -0.203. The number of ketones is 1. The number of carbonyl (C=O) groups excluding carboxylic acids is 7. The summed E-state index contributed by atoms with van der Waals surface area (Å²) in [6.07, 6.45) is 1.79. The van der Waals surface area contributed by atoms with Crippen LogP contribution in [0.3, 0.4) is 0 Å². The van der Waals surface area contributed by atoms with Crippen molar-refractivity contribution in [3.63, 3.8) is 0 Å². The van der Waals surface area contributed by atoms with E-state index in [2.05, 4.69) is 16.0 Å². The number of likely N-dealkylation sites (N-methyl/N-ethyl adjacent to an activating group) is 2. The molecule has 1 aromatic carbocycles. The van der Waals surface area contributed by atoms with E-state index >= 15 is 0 Å². The second-order valence-corrected chi connectivity index (χ2v) is 14.7. The largest absolute Gasteiger partial charge is 0.444 e. The van der Waals surface area contributed by atoms with Crippen LogP contribution in [0, 0.1) is 11.8 Å². The number of amides is 6. The molecule has 2 saturated heterocycles. The molecule has 14 nitrogen and oxygen atoms in total. The van der Waals surface area contributed by atoms with Crippen molar-refractivity contribution in [2.45, 2.75) is 103 Å². The molecule has 2 aliphatic rings. The molecule has 14 heteroatoms. The monoisotopic (exact) mass is 698 g/mol. The van der Waals surface area contributed by atoms with Gasteiger partial charge in [-0.05, 0) is 57.4 Å². The summed E-state index contributed by atoms with van der Waals surface area (Å²) in [6, 6.07) is 4.73. The van der Waals surface area contributed by atoms with Gasteiger partial charge in [0.15, 0.2) is 0 Å². The maximum Gasteiger partial charge on any atom is 0.410 e. The third-order valence-corrected chi connectivity index (χ3v) is 9.16. The van der Waals surface area contributed by atoms with Gasteiger partial charge in [0.05, 0.1) is 12.6 Å². The molecule has 0 bridgehead atoms. The van der Waals surface area contributed by atoms with Crippen molar-refractivity contribution in [3.05, 3.63) is 35.9 Å². The molecule has 1 unspecified atom stereocenters. The van der Waals surface area contributed by atoms with Gasteiger partial charge in [-0.1, -0.05) is 63.4 Å². The van der Waals surface area contributed by atoms with E-state index in [1.807, 2.05) is 13.8 Å². The fourth-order valence-corrected chi connectivity index (χ4v) is 6.19. The number of fused-ring (bicyclic) bond motifs is 1. The minimum atomic E-state index is -1.17. The average Bonchev–Trinajstić information content (AvgIpc) is 3.51. The summed E-state index contributed by atoms with van der Waals surface area (Å²) in [5.74, 6) is -3.77. The number of Topliss-reactive ketones (excluding diaryl/α,β-unsaturated/α-hetero) is 1. The van der Waals surface area contributed by atoms with Crippen molar-refractivity contribution < 1.29 is 38.3 Å². The lowest BCUT2D eigenvalue weighted by molar-refractivity contribution is -0.144. The lowest BCUT2D eigenvalue weighted by atomic mass is 9.93. The lowest BCUT2D eigenvalue weighted by Crippen LogP contribution is -2.57. The number of benzene rings is 1. The van der Waals surface area contributed by atoms with Gasteiger partial charge in [0, 0.05) is 27.7 Å². The Morgan fingerprint density at radius 2 is 1.62 bits per heavy atom. The predicted octanol–water partition coefficient (Wildman–Crippen LogP) is 2.17. The van der Waals surface area contributed by atoms with Crippen LogP contribution in [0.15, 0.2) is 30.3 Å². The van der Waals surface area contributed by atoms with Crippen molar-refractivity contribution >= 4 is 41.4 Å². The minimum absolute atomic E-state index is 0.00219. The summed E-state index contributed by atoms with van der Waals surface area (Å²) in [4.78, 5) is 97.1. The van der Waals surface area contributed by atoms with E-state index in [0.29, 0.717) is 44.2 Å². The summed E-state index contributed by atoms with van der Waals surface area (Å²) < 4.78 is 5.54. The zero-order chi connectivity index (χ0) is 37.3. The summed E-state index contributed by atoms with van der Waals surface area (Å²) in [7, 11) is 4.66. The minimum Gasteiger partial charge on any atom is -0.444 e. The highest BCUT2D eigenvalue weighted by atomic mass is 16.6. The molecule has 2 aliphatic heterocycles. The molecule has 0 saturated carbocycles. The molecular formula is C36H54N6O8. The maximum atomic E-state index is 14.1. The molecule has 276 valence electrons.